The van der Waals surface area contributed by atoms with Crippen LogP contribution < -0.4 is 5.73 Å². The molecule has 1 rings (SSSR count). The number of nitrogen functional groups attached to an aromatic ring is 1. The molecule has 0 aliphatic rings. The van der Waals surface area contributed by atoms with Crippen LogP contribution in [0.15, 0.2) is 24.3 Å². The molecule has 2 N–H and O–H groups in total. The van der Waals surface area contributed by atoms with Crippen molar-refractivity contribution >= 4 is 28.3 Å². The summed E-state index contributed by atoms with van der Waals surface area (Å²) in [6, 6.07) is 7.73. The molecule has 0 atom stereocenters. The van der Waals surface area contributed by atoms with Gasteiger partial charge in [-0.2, -0.15) is 0 Å². The third kappa shape index (κ3) is 2.67. The molecule has 1 aromatic rings. The van der Waals surface area contributed by atoms with Gasteiger partial charge >= 0.3 is 0 Å². The average molecular weight is 263 g/mol. The van der Waals surface area contributed by atoms with Crippen LogP contribution >= 0.6 is 22.6 Å². The lowest BCUT2D eigenvalue weighted by atomic mass is 10.2. The summed E-state index contributed by atoms with van der Waals surface area (Å²) in [5.41, 5.74) is 7.54. The van der Waals surface area contributed by atoms with Crippen molar-refractivity contribution in [2.45, 2.75) is 6.61 Å². The number of rotatable bonds is 3. The van der Waals surface area contributed by atoms with Gasteiger partial charge in [0.05, 0.1) is 11.2 Å². The third-order valence-corrected chi connectivity index (χ3v) is 1.83. The van der Waals surface area contributed by atoms with Crippen LogP contribution in [0.3, 0.4) is 0 Å². The van der Waals surface area contributed by atoms with E-state index in [1.165, 1.54) is 0 Å². The van der Waals surface area contributed by atoms with E-state index in [1.807, 2.05) is 24.3 Å². The van der Waals surface area contributed by atoms with Crippen LogP contribution in [0.5, 0.6) is 0 Å². The number of ether oxygens (including phenoxy) is 1. The Morgan fingerprint density at radius 2 is 2.09 bits per heavy atom. The minimum absolute atomic E-state index is 0.607. The van der Waals surface area contributed by atoms with E-state index in [1.54, 1.807) is 0 Å². The monoisotopic (exact) mass is 263 g/mol. The molecule has 1 aromatic carbocycles. The van der Waals surface area contributed by atoms with Gasteiger partial charge in [0, 0.05) is 11.3 Å². The number of hydrogen-bond acceptors (Lipinski definition) is 2. The molecule has 60 valence electrons. The number of nitrogens with two attached hydrogens (primary N) is 1. The van der Waals surface area contributed by atoms with Crippen molar-refractivity contribution in [2.24, 2.45) is 0 Å². The van der Waals surface area contributed by atoms with Crippen LogP contribution in [0.2, 0.25) is 0 Å². The number of anilines is 1. The molecule has 0 bridgehead atoms. The predicted molar refractivity (Wildman–Crippen MR) is 54.5 cm³/mol. The van der Waals surface area contributed by atoms with Gasteiger partial charge in [0.1, 0.15) is 0 Å². The van der Waals surface area contributed by atoms with Crippen LogP contribution in [0.1, 0.15) is 5.56 Å². The van der Waals surface area contributed by atoms with E-state index in [0.29, 0.717) is 11.2 Å². The highest BCUT2D eigenvalue weighted by molar-refractivity contribution is 14.1. The third-order valence-electron chi connectivity index (χ3n) is 1.39. The van der Waals surface area contributed by atoms with Gasteiger partial charge in [0.2, 0.25) is 0 Å². The summed E-state index contributed by atoms with van der Waals surface area (Å²) in [5.74, 6) is 0. The Morgan fingerprint density at radius 1 is 1.36 bits per heavy atom. The smallest absolute Gasteiger partial charge is 0.0983 e. The second-order valence-electron chi connectivity index (χ2n) is 2.16. The molecule has 0 saturated heterocycles. The zero-order valence-corrected chi connectivity index (χ0v) is 8.24. The second kappa shape index (κ2) is 4.56. The Labute approximate surface area is 79.9 Å². The van der Waals surface area contributed by atoms with E-state index < -0.39 is 0 Å². The summed E-state index contributed by atoms with van der Waals surface area (Å²) in [6.45, 7) is 0.607. The lowest BCUT2D eigenvalue weighted by Gasteiger charge is -2.03. The molecule has 0 aromatic heterocycles. The Hall–Kier alpha value is -0.290. The van der Waals surface area contributed by atoms with Crippen LogP contribution in [0.4, 0.5) is 5.69 Å². The zero-order valence-electron chi connectivity index (χ0n) is 6.09. The van der Waals surface area contributed by atoms with Crippen LogP contribution in [-0.2, 0) is 11.3 Å². The van der Waals surface area contributed by atoms with Crippen LogP contribution in [-0.4, -0.2) is 4.61 Å². The average Bonchev–Trinajstić information content (AvgIpc) is 2.03. The largest absolute Gasteiger partial charge is 0.398 e. The molecule has 0 radical (unpaired) electrons. The first-order chi connectivity index (χ1) is 5.34. The molecular weight excluding hydrogens is 253 g/mol. The van der Waals surface area contributed by atoms with Gasteiger partial charge < -0.3 is 10.5 Å². The number of alkyl halides is 1. The molecular formula is C8H10INO. The lowest BCUT2D eigenvalue weighted by molar-refractivity contribution is 0.177. The van der Waals surface area contributed by atoms with E-state index in [2.05, 4.69) is 22.6 Å². The number of halogens is 1. The fraction of sp³-hybridized carbons (Fsp3) is 0.250. The molecule has 0 amide bonds. The van der Waals surface area contributed by atoms with Crippen molar-refractivity contribution in [1.29, 1.82) is 0 Å². The first kappa shape index (κ1) is 8.80. The Kier molecular flexibility index (Phi) is 3.65. The van der Waals surface area contributed by atoms with E-state index in [9.17, 15) is 0 Å². The van der Waals surface area contributed by atoms with E-state index in [0.717, 1.165) is 11.3 Å². The highest BCUT2D eigenvalue weighted by Gasteiger charge is 1.95. The SMILES string of the molecule is Nc1ccccc1COCI. The predicted octanol–water partition coefficient (Wildman–Crippen LogP) is 2.18. The maximum Gasteiger partial charge on any atom is 0.0983 e. The number of hydrogen-bond donors (Lipinski definition) is 1. The minimum atomic E-state index is 0.607. The Bertz CT molecular complexity index is 227. The van der Waals surface area contributed by atoms with Crippen molar-refractivity contribution in [3.63, 3.8) is 0 Å². The maximum absolute atomic E-state index is 5.68. The van der Waals surface area contributed by atoms with Gasteiger partial charge in [-0.1, -0.05) is 40.8 Å². The number of benzene rings is 1. The molecule has 0 heterocycles. The molecule has 3 heteroatoms. The molecule has 0 aliphatic carbocycles. The van der Waals surface area contributed by atoms with Crippen molar-refractivity contribution in [1.82, 2.24) is 0 Å². The normalized spacial score (nSPS) is 9.91. The minimum Gasteiger partial charge on any atom is -0.398 e. The quantitative estimate of drug-likeness (QED) is 0.515. The van der Waals surface area contributed by atoms with Gasteiger partial charge in [0.15, 0.2) is 0 Å². The van der Waals surface area contributed by atoms with Gasteiger partial charge in [-0.3, -0.25) is 0 Å². The molecule has 11 heavy (non-hydrogen) atoms. The van der Waals surface area contributed by atoms with Crippen LogP contribution in [0.25, 0.3) is 0 Å². The second-order valence-corrected chi connectivity index (χ2v) is 2.78. The summed E-state index contributed by atoms with van der Waals surface area (Å²) in [7, 11) is 0. The van der Waals surface area contributed by atoms with Crippen molar-refractivity contribution < 1.29 is 4.74 Å². The molecule has 2 nitrogen and oxygen atoms in total. The highest BCUT2D eigenvalue weighted by atomic mass is 127. The standard InChI is InChI=1S/C8H10INO/c9-6-11-5-7-3-1-2-4-8(7)10/h1-4H,5-6,10H2. The van der Waals surface area contributed by atoms with Gasteiger partial charge in [0.25, 0.3) is 0 Å². The fourth-order valence-electron chi connectivity index (χ4n) is 0.814. The molecule has 0 aliphatic heterocycles. The van der Waals surface area contributed by atoms with Crippen molar-refractivity contribution in [2.75, 3.05) is 10.3 Å². The topological polar surface area (TPSA) is 35.2 Å². The fourth-order valence-corrected chi connectivity index (χ4v) is 1.03. The van der Waals surface area contributed by atoms with Crippen molar-refractivity contribution in [3.05, 3.63) is 29.8 Å². The lowest BCUT2D eigenvalue weighted by Crippen LogP contribution is -1.95. The van der Waals surface area contributed by atoms with Crippen LogP contribution in [0, 0.1) is 0 Å². The van der Waals surface area contributed by atoms with Crippen molar-refractivity contribution in [3.8, 4) is 0 Å². The number of para-hydroxylation sites is 1. The summed E-state index contributed by atoms with van der Waals surface area (Å²) in [5, 5.41) is 0. The summed E-state index contributed by atoms with van der Waals surface area (Å²) in [4.78, 5) is 0. The van der Waals surface area contributed by atoms with E-state index in [-0.39, 0.29) is 0 Å². The first-order valence-electron chi connectivity index (χ1n) is 3.31. The van der Waals surface area contributed by atoms with Gasteiger partial charge in [-0.25, -0.2) is 0 Å². The highest BCUT2D eigenvalue weighted by Crippen LogP contribution is 2.11. The Balaban J connectivity index is 2.62. The maximum atomic E-state index is 5.68. The molecule has 0 saturated carbocycles. The Morgan fingerprint density at radius 3 is 2.73 bits per heavy atom. The summed E-state index contributed by atoms with van der Waals surface area (Å²) in [6.07, 6.45) is 0. The molecule has 0 spiro atoms. The summed E-state index contributed by atoms with van der Waals surface area (Å²) < 4.78 is 5.91. The summed E-state index contributed by atoms with van der Waals surface area (Å²) >= 11 is 2.16. The first-order valence-corrected chi connectivity index (χ1v) is 4.84. The van der Waals surface area contributed by atoms with E-state index >= 15 is 0 Å². The van der Waals surface area contributed by atoms with E-state index in [4.69, 9.17) is 10.5 Å². The van der Waals surface area contributed by atoms with Gasteiger partial charge in [-0.15, -0.1) is 0 Å². The molecule has 0 unspecified atom stereocenters. The molecule has 0 fully saturated rings. The zero-order chi connectivity index (χ0) is 8.10. The van der Waals surface area contributed by atoms with Gasteiger partial charge in [-0.05, 0) is 6.07 Å².